The molecule has 2 aromatic heterocycles. The average molecular weight is 406 g/mol. The summed E-state index contributed by atoms with van der Waals surface area (Å²) in [6, 6.07) is 8.34. The summed E-state index contributed by atoms with van der Waals surface area (Å²) in [4.78, 5) is 12.1. The van der Waals surface area contributed by atoms with Crippen LogP contribution in [0, 0.1) is 12.7 Å². The number of aromatic nitrogens is 4. The van der Waals surface area contributed by atoms with E-state index < -0.39 is 0 Å². The highest BCUT2D eigenvalue weighted by Crippen LogP contribution is 2.14. The van der Waals surface area contributed by atoms with E-state index in [1.54, 1.807) is 46.0 Å². The Balaban J connectivity index is 1.60. The summed E-state index contributed by atoms with van der Waals surface area (Å²) in [5.74, 6) is 0.0380. The van der Waals surface area contributed by atoms with Crippen LogP contribution >= 0.6 is 15.9 Å². The minimum Gasteiger partial charge on any atom is -0.309 e. The molecule has 0 atom stereocenters. The normalized spacial score (nSPS) is 10.8. The lowest BCUT2D eigenvalue weighted by molar-refractivity contribution is -0.116. The maximum atomic E-state index is 13.8. The number of hydrogen-bond donors (Lipinski definition) is 1. The van der Waals surface area contributed by atoms with Crippen molar-refractivity contribution >= 4 is 27.7 Å². The minimum atomic E-state index is -0.270. The van der Waals surface area contributed by atoms with E-state index in [-0.39, 0.29) is 18.1 Å². The van der Waals surface area contributed by atoms with Gasteiger partial charge in [0.25, 0.3) is 0 Å². The van der Waals surface area contributed by atoms with Gasteiger partial charge in [-0.25, -0.2) is 4.39 Å². The van der Waals surface area contributed by atoms with E-state index in [1.807, 2.05) is 6.92 Å². The summed E-state index contributed by atoms with van der Waals surface area (Å²) in [7, 11) is 0. The second-order valence-corrected chi connectivity index (χ2v) is 6.56. The lowest BCUT2D eigenvalue weighted by Gasteiger charge is -2.05. The molecule has 0 aliphatic carbocycles. The number of nitrogens with one attached hydrogen (secondary N) is 1. The molecule has 0 aliphatic heterocycles. The summed E-state index contributed by atoms with van der Waals surface area (Å²) >= 11 is 3.31. The maximum absolute atomic E-state index is 13.8. The van der Waals surface area contributed by atoms with Crippen LogP contribution in [0.25, 0.3) is 0 Å². The van der Waals surface area contributed by atoms with Gasteiger partial charge in [0.1, 0.15) is 5.82 Å². The highest BCUT2D eigenvalue weighted by atomic mass is 79.9. The first kappa shape index (κ1) is 17.3. The molecule has 25 heavy (non-hydrogen) atoms. The molecule has 1 amide bonds. The van der Waals surface area contributed by atoms with Gasteiger partial charge < -0.3 is 5.32 Å². The van der Waals surface area contributed by atoms with Crippen LogP contribution in [-0.4, -0.2) is 25.5 Å². The Labute approximate surface area is 152 Å². The zero-order valence-corrected chi connectivity index (χ0v) is 15.2. The molecular formula is C17H17BrFN5O. The predicted octanol–water partition coefficient (Wildman–Crippen LogP) is 3.37. The summed E-state index contributed by atoms with van der Waals surface area (Å²) in [5.41, 5.74) is 1.39. The van der Waals surface area contributed by atoms with Crippen molar-refractivity contribution in [3.05, 3.63) is 64.3 Å². The molecule has 2 heterocycles. The van der Waals surface area contributed by atoms with Crippen LogP contribution in [0.4, 0.5) is 10.2 Å². The molecule has 1 N–H and O–H groups in total. The summed E-state index contributed by atoms with van der Waals surface area (Å²) < 4.78 is 18.0. The Morgan fingerprint density at radius 1 is 1.36 bits per heavy atom. The van der Waals surface area contributed by atoms with E-state index >= 15 is 0 Å². The summed E-state index contributed by atoms with van der Waals surface area (Å²) in [6.07, 6.45) is 3.76. The van der Waals surface area contributed by atoms with Gasteiger partial charge in [0.2, 0.25) is 5.91 Å². The fourth-order valence-corrected chi connectivity index (χ4v) is 2.73. The Kier molecular flexibility index (Phi) is 5.28. The number of halogens is 2. The van der Waals surface area contributed by atoms with Crippen LogP contribution in [0.2, 0.25) is 0 Å². The van der Waals surface area contributed by atoms with Gasteiger partial charge in [-0.3, -0.25) is 14.2 Å². The first-order valence-corrected chi connectivity index (χ1v) is 8.56. The average Bonchev–Trinajstić information content (AvgIpc) is 3.13. The monoisotopic (exact) mass is 405 g/mol. The fourth-order valence-electron chi connectivity index (χ4n) is 2.40. The van der Waals surface area contributed by atoms with E-state index in [0.29, 0.717) is 24.5 Å². The Hall–Kier alpha value is -2.48. The predicted molar refractivity (Wildman–Crippen MR) is 95.6 cm³/mol. The van der Waals surface area contributed by atoms with Gasteiger partial charge in [-0.05, 0) is 28.9 Å². The third-order valence-corrected chi connectivity index (χ3v) is 4.11. The van der Waals surface area contributed by atoms with Gasteiger partial charge in [0, 0.05) is 36.5 Å². The molecule has 6 nitrogen and oxygen atoms in total. The molecule has 0 saturated heterocycles. The maximum Gasteiger partial charge on any atom is 0.227 e. The van der Waals surface area contributed by atoms with Crippen LogP contribution in [0.1, 0.15) is 17.7 Å². The molecule has 0 unspecified atom stereocenters. The molecule has 0 spiro atoms. The number of carbonyl (C=O) groups excluding carboxylic acids is 1. The molecule has 0 fully saturated rings. The smallest absolute Gasteiger partial charge is 0.227 e. The number of anilines is 1. The van der Waals surface area contributed by atoms with E-state index in [4.69, 9.17) is 0 Å². The number of aryl methyl sites for hydroxylation is 2. The molecule has 3 aromatic rings. The fraction of sp³-hybridized carbons (Fsp3) is 0.235. The third-order valence-electron chi connectivity index (χ3n) is 3.70. The van der Waals surface area contributed by atoms with Gasteiger partial charge in [0.05, 0.1) is 17.2 Å². The summed E-state index contributed by atoms with van der Waals surface area (Å²) in [5, 5.41) is 11.2. The minimum absolute atomic E-state index is 0.151. The number of hydrogen-bond acceptors (Lipinski definition) is 3. The van der Waals surface area contributed by atoms with Crippen LogP contribution in [0.15, 0.2) is 47.2 Å². The van der Waals surface area contributed by atoms with Gasteiger partial charge >= 0.3 is 0 Å². The zero-order valence-electron chi connectivity index (χ0n) is 13.6. The van der Waals surface area contributed by atoms with Crippen molar-refractivity contribution in [3.8, 4) is 0 Å². The SMILES string of the molecule is Cc1cc(NC(=O)CCn2cc(Br)cn2)nn1Cc1ccccc1F. The molecule has 0 saturated carbocycles. The number of carbonyl (C=O) groups is 1. The highest BCUT2D eigenvalue weighted by Gasteiger charge is 2.10. The van der Waals surface area contributed by atoms with Crippen molar-refractivity contribution in [3.63, 3.8) is 0 Å². The Bertz CT molecular complexity index is 889. The largest absolute Gasteiger partial charge is 0.309 e. The topological polar surface area (TPSA) is 64.7 Å². The highest BCUT2D eigenvalue weighted by molar-refractivity contribution is 9.10. The first-order chi connectivity index (χ1) is 12.0. The standard InChI is InChI=1S/C17H17BrFN5O/c1-12-8-16(21-17(25)6-7-23-11-14(18)9-20-23)22-24(12)10-13-4-2-3-5-15(13)19/h2-5,8-9,11H,6-7,10H2,1H3,(H,21,22,25). The van der Waals surface area contributed by atoms with Gasteiger partial charge in [-0.1, -0.05) is 18.2 Å². The van der Waals surface area contributed by atoms with Crippen molar-refractivity contribution in [1.82, 2.24) is 19.6 Å². The van der Waals surface area contributed by atoms with Crippen LogP contribution < -0.4 is 5.32 Å². The van der Waals surface area contributed by atoms with Gasteiger partial charge in [0.15, 0.2) is 5.82 Å². The van der Waals surface area contributed by atoms with Crippen LogP contribution in [0.3, 0.4) is 0 Å². The lowest BCUT2D eigenvalue weighted by Crippen LogP contribution is -2.15. The van der Waals surface area contributed by atoms with Gasteiger partial charge in [-0.2, -0.15) is 10.2 Å². The molecular weight excluding hydrogens is 389 g/mol. The Morgan fingerprint density at radius 3 is 2.88 bits per heavy atom. The molecule has 3 rings (SSSR count). The molecule has 130 valence electrons. The van der Waals surface area contributed by atoms with E-state index in [1.165, 1.54) is 6.07 Å². The van der Waals surface area contributed by atoms with E-state index in [2.05, 4.69) is 31.4 Å². The molecule has 0 radical (unpaired) electrons. The Morgan fingerprint density at radius 2 is 2.16 bits per heavy atom. The van der Waals surface area contributed by atoms with Crippen LogP contribution in [0.5, 0.6) is 0 Å². The van der Waals surface area contributed by atoms with E-state index in [9.17, 15) is 9.18 Å². The molecule has 0 bridgehead atoms. The molecule has 1 aromatic carbocycles. The zero-order chi connectivity index (χ0) is 17.8. The third kappa shape index (κ3) is 4.54. The van der Waals surface area contributed by atoms with Gasteiger partial charge in [-0.15, -0.1) is 0 Å². The quantitative estimate of drug-likeness (QED) is 0.683. The molecule has 8 heteroatoms. The second-order valence-electron chi connectivity index (χ2n) is 5.64. The van der Waals surface area contributed by atoms with Crippen molar-refractivity contribution < 1.29 is 9.18 Å². The summed E-state index contributed by atoms with van der Waals surface area (Å²) in [6.45, 7) is 2.66. The molecule has 0 aliphatic rings. The number of rotatable bonds is 6. The van der Waals surface area contributed by atoms with Crippen molar-refractivity contribution in [2.75, 3.05) is 5.32 Å². The van der Waals surface area contributed by atoms with Crippen molar-refractivity contribution in [1.29, 1.82) is 0 Å². The van der Waals surface area contributed by atoms with Crippen molar-refractivity contribution in [2.24, 2.45) is 0 Å². The number of nitrogens with zero attached hydrogens (tertiary/aromatic N) is 4. The van der Waals surface area contributed by atoms with Crippen molar-refractivity contribution in [2.45, 2.75) is 26.4 Å². The first-order valence-electron chi connectivity index (χ1n) is 7.77. The second kappa shape index (κ2) is 7.60. The number of benzene rings is 1. The van der Waals surface area contributed by atoms with Crippen LogP contribution in [-0.2, 0) is 17.9 Å². The number of amides is 1. The van der Waals surface area contributed by atoms with E-state index in [0.717, 1.165) is 10.2 Å². The lowest BCUT2D eigenvalue weighted by atomic mass is 10.2.